The normalized spacial score (nSPS) is 29.4. The second-order valence-corrected chi connectivity index (χ2v) is 5.99. The molecule has 2 fully saturated rings. The summed E-state index contributed by atoms with van der Waals surface area (Å²) in [6.07, 6.45) is 1.09. The molecule has 0 radical (unpaired) electrons. The minimum absolute atomic E-state index is 0.0537. The van der Waals surface area contributed by atoms with E-state index in [-0.39, 0.29) is 17.4 Å². The summed E-state index contributed by atoms with van der Waals surface area (Å²) >= 11 is 0. The summed E-state index contributed by atoms with van der Waals surface area (Å²) in [4.78, 5) is 15.9. The molecule has 1 atom stereocenters. The maximum Gasteiger partial charge on any atom is 0.320 e. The summed E-state index contributed by atoms with van der Waals surface area (Å²) in [5.41, 5.74) is 0.259. The number of nitrogens with zero attached hydrogens (tertiary/aromatic N) is 3. The lowest BCUT2D eigenvalue weighted by Crippen LogP contribution is -2.54. The van der Waals surface area contributed by atoms with Gasteiger partial charge >= 0.3 is 6.03 Å². The van der Waals surface area contributed by atoms with Gasteiger partial charge in [-0.1, -0.05) is 20.8 Å². The van der Waals surface area contributed by atoms with E-state index < -0.39 is 0 Å². The monoisotopic (exact) mass is 235 g/mol. The lowest BCUT2D eigenvalue weighted by atomic mass is 9.79. The van der Waals surface area contributed by atoms with Crippen LogP contribution in [0.2, 0.25) is 0 Å². The zero-order valence-electron chi connectivity index (χ0n) is 10.9. The number of hydrogen-bond donors (Lipinski definition) is 0. The lowest BCUT2D eigenvalue weighted by Gasteiger charge is -2.38. The van der Waals surface area contributed by atoms with Gasteiger partial charge in [-0.2, -0.15) is 5.26 Å². The van der Waals surface area contributed by atoms with Crippen molar-refractivity contribution in [3.8, 4) is 6.07 Å². The molecular weight excluding hydrogens is 214 g/mol. The largest absolute Gasteiger partial charge is 0.324 e. The zero-order valence-corrected chi connectivity index (χ0v) is 10.9. The maximum atomic E-state index is 12.1. The van der Waals surface area contributed by atoms with Gasteiger partial charge in [0.15, 0.2) is 0 Å². The molecule has 4 nitrogen and oxygen atoms in total. The SMILES string of the molecule is CC(C)[C@@]1(C)CCN(C(=O)N2CC(C#N)C2)C1. The molecule has 4 heteroatoms. The highest BCUT2D eigenvalue weighted by atomic mass is 16.2. The predicted molar refractivity (Wildman–Crippen MR) is 65.2 cm³/mol. The van der Waals surface area contributed by atoms with E-state index in [1.807, 2.05) is 4.90 Å². The standard InChI is InChI=1S/C13H21N3O/c1-10(2)13(3)4-5-15(9-13)12(17)16-7-11(6-14)8-16/h10-11H,4-5,7-9H2,1-3H3/t13-/m0/s1. The van der Waals surface area contributed by atoms with Gasteiger partial charge < -0.3 is 9.80 Å². The van der Waals surface area contributed by atoms with E-state index in [1.54, 1.807) is 4.90 Å². The van der Waals surface area contributed by atoms with Crippen molar-refractivity contribution in [3.05, 3.63) is 0 Å². The second-order valence-electron chi connectivity index (χ2n) is 5.99. The Morgan fingerprint density at radius 1 is 1.41 bits per heavy atom. The third-order valence-corrected chi connectivity index (χ3v) is 4.50. The quantitative estimate of drug-likeness (QED) is 0.697. The number of carbonyl (C=O) groups excluding carboxylic acids is 1. The molecule has 0 aromatic heterocycles. The van der Waals surface area contributed by atoms with Crippen LogP contribution in [-0.2, 0) is 0 Å². The van der Waals surface area contributed by atoms with Crippen LogP contribution < -0.4 is 0 Å². The van der Waals surface area contributed by atoms with Gasteiger partial charge in [0.25, 0.3) is 0 Å². The highest BCUT2D eigenvalue weighted by Gasteiger charge is 2.41. The Kier molecular flexibility index (Phi) is 3.03. The van der Waals surface area contributed by atoms with Gasteiger partial charge in [-0.3, -0.25) is 0 Å². The van der Waals surface area contributed by atoms with Crippen LogP contribution in [0.25, 0.3) is 0 Å². The van der Waals surface area contributed by atoms with Crippen molar-refractivity contribution in [3.63, 3.8) is 0 Å². The molecule has 0 aromatic carbocycles. The number of nitriles is 1. The molecule has 2 amide bonds. The van der Waals surface area contributed by atoms with Gasteiger partial charge in [-0.25, -0.2) is 4.79 Å². The van der Waals surface area contributed by atoms with E-state index in [0.29, 0.717) is 19.0 Å². The van der Waals surface area contributed by atoms with Gasteiger partial charge in [0.05, 0.1) is 12.0 Å². The zero-order chi connectivity index (χ0) is 12.6. The third kappa shape index (κ3) is 2.11. The third-order valence-electron chi connectivity index (χ3n) is 4.50. The molecule has 17 heavy (non-hydrogen) atoms. The van der Waals surface area contributed by atoms with Crippen LogP contribution in [0.5, 0.6) is 0 Å². The van der Waals surface area contributed by atoms with Crippen LogP contribution in [0.3, 0.4) is 0 Å². The Labute approximate surface area is 103 Å². The van der Waals surface area contributed by atoms with E-state index in [9.17, 15) is 4.79 Å². The van der Waals surface area contributed by atoms with Crippen LogP contribution in [-0.4, -0.2) is 42.0 Å². The predicted octanol–water partition coefficient (Wildman–Crippen LogP) is 1.93. The molecule has 2 rings (SSSR count). The smallest absolute Gasteiger partial charge is 0.320 e. The van der Waals surface area contributed by atoms with Crippen LogP contribution in [0.15, 0.2) is 0 Å². The van der Waals surface area contributed by atoms with E-state index in [4.69, 9.17) is 5.26 Å². The average Bonchev–Trinajstić information content (AvgIpc) is 2.60. The highest BCUT2D eigenvalue weighted by molar-refractivity contribution is 5.75. The second kappa shape index (κ2) is 4.21. The van der Waals surface area contributed by atoms with Crippen molar-refractivity contribution in [1.82, 2.24) is 9.80 Å². The molecule has 2 saturated heterocycles. The Bertz CT molecular complexity index is 354. The summed E-state index contributed by atoms with van der Waals surface area (Å²) in [6.45, 7) is 9.67. The molecule has 0 aromatic rings. The van der Waals surface area contributed by atoms with Gasteiger partial charge in [-0.15, -0.1) is 0 Å². The number of likely N-dealkylation sites (tertiary alicyclic amines) is 2. The average molecular weight is 235 g/mol. The van der Waals surface area contributed by atoms with E-state index in [2.05, 4.69) is 26.8 Å². The number of rotatable bonds is 1. The van der Waals surface area contributed by atoms with Gasteiger partial charge in [0, 0.05) is 26.2 Å². The van der Waals surface area contributed by atoms with Crippen molar-refractivity contribution in [2.75, 3.05) is 26.2 Å². The Morgan fingerprint density at radius 2 is 2.06 bits per heavy atom. The Morgan fingerprint density at radius 3 is 2.53 bits per heavy atom. The highest BCUT2D eigenvalue weighted by Crippen LogP contribution is 2.37. The first-order valence-corrected chi connectivity index (χ1v) is 6.40. The topological polar surface area (TPSA) is 47.3 Å². The number of amides is 2. The summed E-state index contributed by atoms with van der Waals surface area (Å²) in [6, 6.07) is 2.32. The van der Waals surface area contributed by atoms with Gasteiger partial charge in [0.1, 0.15) is 0 Å². The van der Waals surface area contributed by atoms with E-state index in [1.165, 1.54) is 0 Å². The molecule has 0 N–H and O–H groups in total. The maximum absolute atomic E-state index is 12.1. The molecule has 0 saturated carbocycles. The summed E-state index contributed by atoms with van der Waals surface area (Å²) in [5.74, 6) is 0.654. The van der Waals surface area contributed by atoms with Gasteiger partial charge in [0.2, 0.25) is 0 Å². The molecule has 0 bridgehead atoms. The first kappa shape index (κ1) is 12.2. The van der Waals surface area contributed by atoms with Crippen LogP contribution in [0, 0.1) is 28.6 Å². The lowest BCUT2D eigenvalue weighted by molar-refractivity contribution is 0.109. The summed E-state index contributed by atoms with van der Waals surface area (Å²) < 4.78 is 0. The molecule has 2 heterocycles. The molecule has 0 aliphatic carbocycles. The number of urea groups is 1. The summed E-state index contributed by atoms with van der Waals surface area (Å²) in [7, 11) is 0. The van der Waals surface area contributed by atoms with E-state index in [0.717, 1.165) is 19.5 Å². The first-order valence-electron chi connectivity index (χ1n) is 6.40. The molecule has 0 spiro atoms. The van der Waals surface area contributed by atoms with Crippen molar-refractivity contribution in [2.24, 2.45) is 17.3 Å². The molecular formula is C13H21N3O. The Balaban J connectivity index is 1.90. The molecule has 0 unspecified atom stereocenters. The van der Waals surface area contributed by atoms with Crippen LogP contribution >= 0.6 is 0 Å². The van der Waals surface area contributed by atoms with Crippen molar-refractivity contribution >= 4 is 6.03 Å². The van der Waals surface area contributed by atoms with Crippen LogP contribution in [0.1, 0.15) is 27.2 Å². The fraction of sp³-hybridized carbons (Fsp3) is 0.846. The first-order chi connectivity index (χ1) is 7.96. The number of hydrogen-bond acceptors (Lipinski definition) is 2. The fourth-order valence-corrected chi connectivity index (χ4v) is 2.54. The van der Waals surface area contributed by atoms with Crippen LogP contribution in [0.4, 0.5) is 4.79 Å². The molecule has 2 aliphatic rings. The van der Waals surface area contributed by atoms with Crippen molar-refractivity contribution in [2.45, 2.75) is 27.2 Å². The number of carbonyl (C=O) groups is 1. The van der Waals surface area contributed by atoms with Gasteiger partial charge in [-0.05, 0) is 17.8 Å². The summed E-state index contributed by atoms with van der Waals surface area (Å²) in [5, 5.41) is 8.71. The minimum atomic E-state index is 0.0537. The minimum Gasteiger partial charge on any atom is -0.324 e. The van der Waals surface area contributed by atoms with Crippen molar-refractivity contribution < 1.29 is 4.79 Å². The van der Waals surface area contributed by atoms with E-state index >= 15 is 0 Å². The Hall–Kier alpha value is -1.24. The molecule has 2 aliphatic heterocycles. The molecule has 94 valence electrons. The fourth-order valence-electron chi connectivity index (χ4n) is 2.54. The van der Waals surface area contributed by atoms with Crippen molar-refractivity contribution in [1.29, 1.82) is 5.26 Å².